The molecular formula is C32H35F3N4O6. The molecule has 0 saturated carbocycles. The second kappa shape index (κ2) is 13.2. The first kappa shape index (κ1) is 31.9. The molecule has 0 fully saturated rings. The quantitative estimate of drug-likeness (QED) is 0.305. The number of anilines is 2. The molecule has 3 aromatic rings. The molecular weight excluding hydrogens is 593 g/mol. The van der Waals surface area contributed by atoms with Crippen LogP contribution in [-0.4, -0.2) is 72.5 Å². The predicted molar refractivity (Wildman–Crippen MR) is 161 cm³/mol. The van der Waals surface area contributed by atoms with Crippen molar-refractivity contribution in [2.45, 2.75) is 38.7 Å². The smallest absolute Gasteiger partial charge is 0.416 e. The molecule has 0 unspecified atom stereocenters. The highest BCUT2D eigenvalue weighted by atomic mass is 19.4. The molecule has 3 N–H and O–H groups in total. The maximum Gasteiger partial charge on any atom is 0.416 e. The predicted octanol–water partition coefficient (Wildman–Crippen LogP) is 5.43. The van der Waals surface area contributed by atoms with Gasteiger partial charge in [-0.15, -0.1) is 0 Å². The summed E-state index contributed by atoms with van der Waals surface area (Å²) in [5.41, 5.74) is 0.927. The second-order valence-electron chi connectivity index (χ2n) is 11.3. The van der Waals surface area contributed by atoms with Crippen LogP contribution in [0.1, 0.15) is 35.3 Å². The number of amides is 3. The number of nitrogens with one attached hydrogen (secondary N) is 2. The zero-order valence-corrected chi connectivity index (χ0v) is 25.1. The summed E-state index contributed by atoms with van der Waals surface area (Å²) in [4.78, 5) is 30.3. The Balaban J connectivity index is 1.38. The van der Waals surface area contributed by atoms with Crippen LogP contribution in [0, 0.1) is 5.92 Å². The van der Waals surface area contributed by atoms with Gasteiger partial charge in [0.05, 0.1) is 29.5 Å². The van der Waals surface area contributed by atoms with Crippen molar-refractivity contribution in [1.82, 2.24) is 9.80 Å². The number of likely N-dealkylation sites (N-methyl/N-ethyl adjacent to an activating group) is 1. The van der Waals surface area contributed by atoms with Crippen LogP contribution in [0.5, 0.6) is 17.2 Å². The number of carbonyl (C=O) groups excluding carboxylic acids is 2. The molecule has 0 aliphatic carbocycles. The molecule has 2 aliphatic rings. The third-order valence-corrected chi connectivity index (χ3v) is 7.80. The topological polar surface area (TPSA) is 113 Å². The Kier molecular flexibility index (Phi) is 9.40. The van der Waals surface area contributed by atoms with Crippen LogP contribution in [0.3, 0.4) is 0 Å². The molecule has 0 saturated heterocycles. The summed E-state index contributed by atoms with van der Waals surface area (Å²) in [7, 11) is 1.83. The summed E-state index contributed by atoms with van der Waals surface area (Å²) in [5, 5.41) is 15.5. The lowest BCUT2D eigenvalue weighted by atomic mass is 9.98. The first-order valence-electron chi connectivity index (χ1n) is 14.5. The van der Waals surface area contributed by atoms with Crippen molar-refractivity contribution < 1.29 is 42.1 Å². The van der Waals surface area contributed by atoms with E-state index in [2.05, 4.69) is 10.6 Å². The number of aliphatic hydroxyl groups excluding tert-OH is 1. The monoisotopic (exact) mass is 628 g/mol. The minimum absolute atomic E-state index is 0.0948. The van der Waals surface area contributed by atoms with Crippen molar-refractivity contribution in [3.63, 3.8) is 0 Å². The van der Waals surface area contributed by atoms with Crippen LogP contribution in [0.15, 0.2) is 60.7 Å². The minimum atomic E-state index is -4.41. The average molecular weight is 629 g/mol. The van der Waals surface area contributed by atoms with Crippen molar-refractivity contribution in [3.8, 4) is 17.2 Å². The molecule has 2 aliphatic heterocycles. The molecule has 3 atom stereocenters. The van der Waals surface area contributed by atoms with Crippen molar-refractivity contribution in [2.24, 2.45) is 5.92 Å². The van der Waals surface area contributed by atoms with E-state index in [4.69, 9.17) is 14.2 Å². The molecule has 0 bridgehead atoms. The van der Waals surface area contributed by atoms with Gasteiger partial charge < -0.3 is 34.9 Å². The highest BCUT2D eigenvalue weighted by Crippen LogP contribution is 2.37. The number of carbonyl (C=O) groups is 2. The SMILES string of the molecule is C[C@H]1CN([C@@H](C)CO)C(=O)c2cccc(NC(=O)Nc3ccc4c(c3)OCO4)c2O[C@H]1CN(C)Cc1ccc(C(F)(F)F)cc1. The molecule has 10 nitrogen and oxygen atoms in total. The Morgan fingerprint density at radius 2 is 1.82 bits per heavy atom. The highest BCUT2D eigenvalue weighted by Gasteiger charge is 2.35. The van der Waals surface area contributed by atoms with Gasteiger partial charge in [-0.1, -0.05) is 25.1 Å². The zero-order chi connectivity index (χ0) is 32.3. The Labute approximate surface area is 258 Å². The minimum Gasteiger partial charge on any atom is -0.486 e. The van der Waals surface area contributed by atoms with Crippen molar-refractivity contribution in [2.75, 3.05) is 44.2 Å². The number of rotatable bonds is 8. The van der Waals surface area contributed by atoms with Gasteiger partial charge in [0.2, 0.25) is 6.79 Å². The maximum atomic E-state index is 13.7. The Bertz CT molecular complexity index is 1530. The lowest BCUT2D eigenvalue weighted by Crippen LogP contribution is -2.49. The third kappa shape index (κ3) is 7.43. The number of hydrogen-bond acceptors (Lipinski definition) is 7. The van der Waals surface area contributed by atoms with Gasteiger partial charge in [-0.2, -0.15) is 13.2 Å². The number of benzene rings is 3. The Morgan fingerprint density at radius 1 is 1.09 bits per heavy atom. The first-order chi connectivity index (χ1) is 21.4. The van der Waals surface area contributed by atoms with Gasteiger partial charge in [-0.05, 0) is 55.9 Å². The van der Waals surface area contributed by atoms with E-state index in [9.17, 15) is 27.9 Å². The summed E-state index contributed by atoms with van der Waals surface area (Å²) < 4.78 is 56.3. The molecule has 3 aromatic carbocycles. The molecule has 3 amide bonds. The van der Waals surface area contributed by atoms with Crippen molar-refractivity contribution >= 4 is 23.3 Å². The van der Waals surface area contributed by atoms with Gasteiger partial charge in [-0.25, -0.2) is 4.79 Å². The van der Waals surface area contributed by atoms with Crippen LogP contribution in [0.4, 0.5) is 29.3 Å². The largest absolute Gasteiger partial charge is 0.486 e. The van der Waals surface area contributed by atoms with Crippen molar-refractivity contribution in [3.05, 3.63) is 77.4 Å². The van der Waals surface area contributed by atoms with Crippen LogP contribution < -0.4 is 24.8 Å². The van der Waals surface area contributed by atoms with E-state index in [0.29, 0.717) is 42.4 Å². The standard InChI is InChI=1S/C32H35F3N4O6/c1-19-14-39(20(2)17-40)30(41)24-5-4-6-25(37-31(42)36-23-11-12-26-27(13-23)44-18-43-26)29(24)45-28(19)16-38(3)15-21-7-9-22(10-8-21)32(33,34)35/h4-13,19-20,28,40H,14-18H2,1-3H3,(H2,36,37,42)/t19-,20-,28-/m0/s1. The van der Waals surface area contributed by atoms with Crippen LogP contribution in [0.2, 0.25) is 0 Å². The summed E-state index contributed by atoms with van der Waals surface area (Å²) in [5.74, 6) is 0.679. The molecule has 13 heteroatoms. The van der Waals surface area contributed by atoms with Crippen LogP contribution >= 0.6 is 0 Å². The summed E-state index contributed by atoms with van der Waals surface area (Å²) >= 11 is 0. The number of fused-ring (bicyclic) bond motifs is 2. The lowest BCUT2D eigenvalue weighted by Gasteiger charge is -2.38. The molecule has 45 heavy (non-hydrogen) atoms. The van der Waals surface area contributed by atoms with E-state index >= 15 is 0 Å². The molecule has 0 radical (unpaired) electrons. The first-order valence-corrected chi connectivity index (χ1v) is 14.5. The van der Waals surface area contributed by atoms with Gasteiger partial charge in [0, 0.05) is 37.3 Å². The molecule has 0 spiro atoms. The second-order valence-corrected chi connectivity index (χ2v) is 11.3. The highest BCUT2D eigenvalue weighted by molar-refractivity contribution is 6.04. The van der Waals surface area contributed by atoms with E-state index in [-0.39, 0.29) is 42.2 Å². The molecule has 2 heterocycles. The fourth-order valence-electron chi connectivity index (χ4n) is 5.30. The summed E-state index contributed by atoms with van der Waals surface area (Å²) in [6, 6.07) is 13.8. The van der Waals surface area contributed by atoms with Gasteiger partial charge in [0.25, 0.3) is 5.91 Å². The fraction of sp³-hybridized carbons (Fsp3) is 0.375. The molecule has 240 valence electrons. The fourth-order valence-corrected chi connectivity index (χ4v) is 5.30. The maximum absolute atomic E-state index is 13.7. The number of halogens is 3. The summed E-state index contributed by atoms with van der Waals surface area (Å²) in [6.45, 7) is 4.52. The number of para-hydroxylation sites is 1. The number of urea groups is 1. The van der Waals surface area contributed by atoms with Gasteiger partial charge in [0.15, 0.2) is 17.2 Å². The third-order valence-electron chi connectivity index (χ3n) is 7.80. The van der Waals surface area contributed by atoms with E-state index in [1.807, 2.05) is 18.9 Å². The molecule has 0 aromatic heterocycles. The van der Waals surface area contributed by atoms with E-state index in [1.54, 1.807) is 48.2 Å². The van der Waals surface area contributed by atoms with Crippen LogP contribution in [0.25, 0.3) is 0 Å². The van der Waals surface area contributed by atoms with E-state index in [1.165, 1.54) is 12.1 Å². The average Bonchev–Trinajstić information content (AvgIpc) is 3.46. The normalized spacial score (nSPS) is 18.5. The van der Waals surface area contributed by atoms with Gasteiger partial charge in [-0.3, -0.25) is 9.69 Å². The van der Waals surface area contributed by atoms with E-state index in [0.717, 1.165) is 12.1 Å². The Hall–Kier alpha value is -4.49. The molecule has 5 rings (SSSR count). The van der Waals surface area contributed by atoms with E-state index < -0.39 is 29.9 Å². The van der Waals surface area contributed by atoms with Crippen LogP contribution in [-0.2, 0) is 12.7 Å². The number of hydrogen-bond donors (Lipinski definition) is 3. The van der Waals surface area contributed by atoms with Crippen molar-refractivity contribution in [1.29, 1.82) is 0 Å². The zero-order valence-electron chi connectivity index (χ0n) is 25.1. The lowest BCUT2D eigenvalue weighted by molar-refractivity contribution is -0.137. The van der Waals surface area contributed by atoms with Gasteiger partial charge >= 0.3 is 12.2 Å². The summed E-state index contributed by atoms with van der Waals surface area (Å²) in [6.07, 6.45) is -4.91. The number of alkyl halides is 3. The number of ether oxygens (including phenoxy) is 3. The number of aliphatic hydroxyl groups is 1. The number of nitrogens with zero attached hydrogens (tertiary/aromatic N) is 2. The Morgan fingerprint density at radius 3 is 2.53 bits per heavy atom. The van der Waals surface area contributed by atoms with Gasteiger partial charge in [0.1, 0.15) is 6.10 Å².